The summed E-state index contributed by atoms with van der Waals surface area (Å²) in [4.78, 5) is 0. The predicted molar refractivity (Wildman–Crippen MR) is 65.1 cm³/mol. The molecule has 0 saturated heterocycles. The van der Waals surface area contributed by atoms with Crippen LogP contribution in [0.25, 0.3) is 0 Å². The molecule has 5 heteroatoms. The van der Waals surface area contributed by atoms with E-state index >= 15 is 0 Å². The van der Waals surface area contributed by atoms with Crippen LogP contribution in [0.15, 0.2) is 33.8 Å². The van der Waals surface area contributed by atoms with Gasteiger partial charge in [0.2, 0.25) is 0 Å². The van der Waals surface area contributed by atoms with E-state index in [1.54, 1.807) is 6.26 Å². The first-order chi connectivity index (χ1) is 7.70. The number of halogens is 1. The average molecular weight is 284 g/mol. The van der Waals surface area contributed by atoms with Crippen LogP contribution < -0.4 is 5.32 Å². The number of nitrogens with one attached hydrogen (secondary N) is 1. The van der Waals surface area contributed by atoms with Crippen LogP contribution in [0.1, 0.15) is 17.2 Å². The average Bonchev–Trinajstić information content (AvgIpc) is 2.84. The van der Waals surface area contributed by atoms with E-state index in [0.717, 1.165) is 16.7 Å². The first-order valence-electron chi connectivity index (χ1n) is 5.08. The minimum atomic E-state index is 0.234. The second-order valence-electron chi connectivity index (χ2n) is 3.72. The molecule has 0 bridgehead atoms. The van der Waals surface area contributed by atoms with Crippen molar-refractivity contribution in [2.45, 2.75) is 12.5 Å². The number of furan rings is 1. The van der Waals surface area contributed by atoms with Crippen molar-refractivity contribution in [3.8, 4) is 0 Å². The second-order valence-corrected chi connectivity index (χ2v) is 4.44. The minimum absolute atomic E-state index is 0.234. The highest BCUT2D eigenvalue weighted by Gasteiger charge is 2.15. The van der Waals surface area contributed by atoms with Gasteiger partial charge in [-0.15, -0.1) is 0 Å². The van der Waals surface area contributed by atoms with Gasteiger partial charge in [-0.05, 0) is 41.0 Å². The molecule has 0 fully saturated rings. The quantitative estimate of drug-likeness (QED) is 0.936. The standard InChI is InChI=1S/C11H14BrN3O/c1-13-10(9-3-4-16-11(9)12)5-8-6-14-15(2)7-8/h3-4,6-7,10,13H,5H2,1-2H3. The van der Waals surface area contributed by atoms with Crippen molar-refractivity contribution >= 4 is 15.9 Å². The molecule has 2 heterocycles. The maximum atomic E-state index is 5.25. The topological polar surface area (TPSA) is 43.0 Å². The highest BCUT2D eigenvalue weighted by atomic mass is 79.9. The summed E-state index contributed by atoms with van der Waals surface area (Å²) in [5, 5.41) is 7.44. The normalized spacial score (nSPS) is 12.9. The first kappa shape index (κ1) is 11.4. The second kappa shape index (κ2) is 4.84. The molecular weight excluding hydrogens is 270 g/mol. The van der Waals surface area contributed by atoms with Gasteiger partial charge in [-0.2, -0.15) is 5.10 Å². The number of hydrogen-bond acceptors (Lipinski definition) is 3. The highest BCUT2D eigenvalue weighted by molar-refractivity contribution is 9.10. The molecule has 2 aromatic heterocycles. The van der Waals surface area contributed by atoms with Gasteiger partial charge in [0.25, 0.3) is 0 Å². The maximum absolute atomic E-state index is 5.25. The Morgan fingerprint density at radius 1 is 1.62 bits per heavy atom. The molecule has 0 aliphatic carbocycles. The molecule has 86 valence electrons. The van der Waals surface area contributed by atoms with E-state index < -0.39 is 0 Å². The summed E-state index contributed by atoms with van der Waals surface area (Å²) in [5.41, 5.74) is 2.33. The largest absolute Gasteiger partial charge is 0.457 e. The van der Waals surface area contributed by atoms with Crippen molar-refractivity contribution < 1.29 is 4.42 Å². The zero-order valence-electron chi connectivity index (χ0n) is 9.27. The molecule has 0 amide bonds. The maximum Gasteiger partial charge on any atom is 0.173 e. The summed E-state index contributed by atoms with van der Waals surface area (Å²) >= 11 is 3.40. The van der Waals surface area contributed by atoms with E-state index in [0.29, 0.717) is 0 Å². The van der Waals surface area contributed by atoms with Crippen LogP contribution in [0, 0.1) is 0 Å². The number of hydrogen-bond donors (Lipinski definition) is 1. The van der Waals surface area contributed by atoms with Gasteiger partial charge in [-0.25, -0.2) is 0 Å². The molecule has 16 heavy (non-hydrogen) atoms. The van der Waals surface area contributed by atoms with Gasteiger partial charge in [-0.1, -0.05) is 0 Å². The molecule has 0 spiro atoms. The third kappa shape index (κ3) is 2.36. The van der Waals surface area contributed by atoms with E-state index in [2.05, 4.69) is 26.3 Å². The monoisotopic (exact) mass is 283 g/mol. The van der Waals surface area contributed by atoms with E-state index in [1.165, 1.54) is 5.56 Å². The number of aromatic nitrogens is 2. The van der Waals surface area contributed by atoms with Gasteiger partial charge in [-0.3, -0.25) is 4.68 Å². The van der Waals surface area contributed by atoms with Crippen LogP contribution in [-0.2, 0) is 13.5 Å². The van der Waals surface area contributed by atoms with Crippen LogP contribution in [0.5, 0.6) is 0 Å². The minimum Gasteiger partial charge on any atom is -0.457 e. The van der Waals surface area contributed by atoms with Crippen LogP contribution in [0.3, 0.4) is 0 Å². The smallest absolute Gasteiger partial charge is 0.173 e. The van der Waals surface area contributed by atoms with Crippen LogP contribution in [0.2, 0.25) is 0 Å². The molecule has 0 saturated carbocycles. The molecule has 1 N–H and O–H groups in total. The summed E-state index contributed by atoms with van der Waals surface area (Å²) in [7, 11) is 3.87. The van der Waals surface area contributed by atoms with Crippen molar-refractivity contribution in [3.63, 3.8) is 0 Å². The lowest BCUT2D eigenvalue weighted by molar-refractivity contribution is 0.518. The number of aryl methyl sites for hydroxylation is 1. The Morgan fingerprint density at radius 2 is 2.44 bits per heavy atom. The Hall–Kier alpha value is -1.07. The van der Waals surface area contributed by atoms with Crippen LogP contribution in [-0.4, -0.2) is 16.8 Å². The summed E-state index contributed by atoms with van der Waals surface area (Å²) in [5.74, 6) is 0. The molecule has 1 unspecified atom stereocenters. The van der Waals surface area contributed by atoms with Gasteiger partial charge in [0.05, 0.1) is 12.5 Å². The molecule has 4 nitrogen and oxygen atoms in total. The van der Waals surface area contributed by atoms with Crippen molar-refractivity contribution in [2.24, 2.45) is 7.05 Å². The van der Waals surface area contributed by atoms with E-state index in [9.17, 15) is 0 Å². The van der Waals surface area contributed by atoms with Gasteiger partial charge in [0.15, 0.2) is 4.67 Å². The van der Waals surface area contributed by atoms with Crippen molar-refractivity contribution in [1.29, 1.82) is 0 Å². The lowest BCUT2D eigenvalue weighted by atomic mass is 10.0. The molecule has 1 atom stereocenters. The lowest BCUT2D eigenvalue weighted by Crippen LogP contribution is -2.18. The van der Waals surface area contributed by atoms with E-state index in [1.807, 2.05) is 37.2 Å². The summed E-state index contributed by atoms with van der Waals surface area (Å²) in [6.45, 7) is 0. The van der Waals surface area contributed by atoms with Crippen LogP contribution >= 0.6 is 15.9 Å². The highest BCUT2D eigenvalue weighted by Crippen LogP contribution is 2.26. The molecule has 0 aliphatic rings. The zero-order valence-corrected chi connectivity index (χ0v) is 10.9. The fourth-order valence-electron chi connectivity index (χ4n) is 1.73. The predicted octanol–water partition coefficient (Wildman–Crippen LogP) is 2.28. The SMILES string of the molecule is CNC(Cc1cnn(C)c1)c1ccoc1Br. The summed E-state index contributed by atoms with van der Waals surface area (Å²) < 4.78 is 7.85. The van der Waals surface area contributed by atoms with Crippen molar-refractivity contribution in [1.82, 2.24) is 15.1 Å². The van der Waals surface area contributed by atoms with Gasteiger partial charge in [0, 0.05) is 24.8 Å². The molecule has 0 radical (unpaired) electrons. The van der Waals surface area contributed by atoms with Gasteiger partial charge in [0.1, 0.15) is 0 Å². The Balaban J connectivity index is 2.15. The summed E-state index contributed by atoms with van der Waals surface area (Å²) in [6, 6.07) is 2.21. The third-order valence-electron chi connectivity index (χ3n) is 2.57. The third-order valence-corrected chi connectivity index (χ3v) is 3.21. The van der Waals surface area contributed by atoms with E-state index in [-0.39, 0.29) is 6.04 Å². The molecule has 0 aliphatic heterocycles. The fraction of sp³-hybridized carbons (Fsp3) is 0.364. The molecule has 2 aromatic rings. The molecule has 2 rings (SSSR count). The Morgan fingerprint density at radius 3 is 2.94 bits per heavy atom. The van der Waals surface area contributed by atoms with Crippen LogP contribution in [0.4, 0.5) is 0 Å². The van der Waals surface area contributed by atoms with E-state index in [4.69, 9.17) is 4.42 Å². The first-order valence-corrected chi connectivity index (χ1v) is 5.87. The Kier molecular flexibility index (Phi) is 3.46. The number of rotatable bonds is 4. The molecule has 0 aromatic carbocycles. The Bertz CT molecular complexity index is 463. The fourth-order valence-corrected chi connectivity index (χ4v) is 2.25. The lowest BCUT2D eigenvalue weighted by Gasteiger charge is -2.13. The van der Waals surface area contributed by atoms with Gasteiger partial charge < -0.3 is 9.73 Å². The van der Waals surface area contributed by atoms with Crippen molar-refractivity contribution in [2.75, 3.05) is 7.05 Å². The summed E-state index contributed by atoms with van der Waals surface area (Å²) in [6.07, 6.45) is 6.49. The molecular formula is C11H14BrN3O. The van der Waals surface area contributed by atoms with Crippen molar-refractivity contribution in [3.05, 3.63) is 40.5 Å². The number of nitrogens with zero attached hydrogens (tertiary/aromatic N) is 2. The Labute approximate surface area is 103 Å². The number of likely N-dealkylation sites (N-methyl/N-ethyl adjacent to an activating group) is 1. The zero-order chi connectivity index (χ0) is 11.5. The van der Waals surface area contributed by atoms with Gasteiger partial charge >= 0.3 is 0 Å².